The molecule has 0 atom stereocenters. The number of aromatic carboxylic acids is 1. The van der Waals surface area contributed by atoms with Crippen molar-refractivity contribution in [3.8, 4) is 0 Å². The van der Waals surface area contributed by atoms with Gasteiger partial charge in [0.15, 0.2) is 0 Å². The number of nitrogens with zero attached hydrogens (tertiary/aromatic N) is 1. The Bertz CT molecular complexity index is 626. The number of hydrogen-bond acceptors (Lipinski definition) is 2. The van der Waals surface area contributed by atoms with Crippen LogP contribution in [0.15, 0.2) is 48.5 Å². The number of anilines is 1. The number of rotatable bonds is 5. The molecule has 4 heteroatoms. The number of carboxylic acid groups (broad SMARTS) is 1. The number of carboxylic acids is 1. The van der Waals surface area contributed by atoms with E-state index in [9.17, 15) is 14.3 Å². The Morgan fingerprint density at radius 3 is 2.38 bits per heavy atom. The normalized spacial score (nSPS) is 10.7. The first-order valence-electron chi connectivity index (χ1n) is 6.83. The van der Waals surface area contributed by atoms with Crippen LogP contribution in [-0.4, -0.2) is 17.1 Å². The van der Waals surface area contributed by atoms with Crippen LogP contribution in [0, 0.1) is 5.82 Å². The molecule has 0 amide bonds. The monoisotopic (exact) mass is 287 g/mol. The number of benzene rings is 2. The fourth-order valence-electron chi connectivity index (χ4n) is 2.28. The zero-order valence-electron chi connectivity index (χ0n) is 12.1. The van der Waals surface area contributed by atoms with Crippen LogP contribution in [0.25, 0.3) is 0 Å². The summed E-state index contributed by atoms with van der Waals surface area (Å²) in [4.78, 5) is 13.1. The fourth-order valence-corrected chi connectivity index (χ4v) is 2.28. The van der Waals surface area contributed by atoms with Crippen LogP contribution in [0.2, 0.25) is 0 Å². The average Bonchev–Trinajstić information content (AvgIpc) is 2.45. The molecule has 0 aromatic heterocycles. The highest BCUT2D eigenvalue weighted by molar-refractivity contribution is 5.94. The second kappa shape index (κ2) is 6.39. The van der Waals surface area contributed by atoms with Crippen LogP contribution in [0.1, 0.15) is 29.8 Å². The van der Waals surface area contributed by atoms with Crippen LogP contribution < -0.4 is 4.90 Å². The van der Waals surface area contributed by atoms with Gasteiger partial charge in [-0.15, -0.1) is 0 Å². The zero-order chi connectivity index (χ0) is 15.4. The number of hydrogen-bond donors (Lipinski definition) is 1. The highest BCUT2D eigenvalue weighted by Gasteiger charge is 2.22. The number of carbonyl (C=O) groups is 1. The molecule has 2 rings (SSSR count). The molecule has 0 spiro atoms. The molecule has 0 unspecified atom stereocenters. The summed E-state index contributed by atoms with van der Waals surface area (Å²) < 4.78 is 14.2. The van der Waals surface area contributed by atoms with Crippen LogP contribution in [0.4, 0.5) is 10.1 Å². The van der Waals surface area contributed by atoms with Gasteiger partial charge in [0.2, 0.25) is 0 Å². The van der Waals surface area contributed by atoms with Crippen LogP contribution in [-0.2, 0) is 6.54 Å². The SMILES string of the molecule is CC(C)N(Cc1ccccc1)c1c(F)cccc1C(=O)O. The number of para-hydroxylation sites is 1. The molecule has 3 nitrogen and oxygen atoms in total. The summed E-state index contributed by atoms with van der Waals surface area (Å²) in [7, 11) is 0. The van der Waals surface area contributed by atoms with Crippen LogP contribution in [0.5, 0.6) is 0 Å². The average molecular weight is 287 g/mol. The zero-order valence-corrected chi connectivity index (χ0v) is 12.1. The summed E-state index contributed by atoms with van der Waals surface area (Å²) in [6.45, 7) is 4.29. The standard InChI is InChI=1S/C17H18FNO2/c1-12(2)19(11-13-7-4-3-5-8-13)16-14(17(20)21)9-6-10-15(16)18/h3-10,12H,11H2,1-2H3,(H,20,21). The Labute approximate surface area is 123 Å². The number of halogens is 1. The summed E-state index contributed by atoms with van der Waals surface area (Å²) in [5.41, 5.74) is 1.13. The van der Waals surface area contributed by atoms with Gasteiger partial charge in [0, 0.05) is 12.6 Å². The minimum absolute atomic E-state index is 0.0142. The Balaban J connectivity index is 2.46. The molecular formula is C17H18FNO2. The smallest absolute Gasteiger partial charge is 0.337 e. The van der Waals surface area contributed by atoms with E-state index >= 15 is 0 Å². The topological polar surface area (TPSA) is 40.5 Å². The van der Waals surface area contributed by atoms with E-state index < -0.39 is 11.8 Å². The van der Waals surface area contributed by atoms with Crippen molar-refractivity contribution in [3.63, 3.8) is 0 Å². The van der Waals surface area contributed by atoms with Crippen LogP contribution >= 0.6 is 0 Å². The van der Waals surface area contributed by atoms with Crippen molar-refractivity contribution in [1.82, 2.24) is 0 Å². The lowest BCUT2D eigenvalue weighted by atomic mass is 10.1. The van der Waals surface area contributed by atoms with Crippen molar-refractivity contribution >= 4 is 11.7 Å². The van der Waals surface area contributed by atoms with Gasteiger partial charge in [0.05, 0.1) is 11.3 Å². The first-order valence-corrected chi connectivity index (χ1v) is 6.83. The second-order valence-electron chi connectivity index (χ2n) is 5.15. The lowest BCUT2D eigenvalue weighted by Gasteiger charge is -2.30. The molecule has 0 bridgehead atoms. The summed E-state index contributed by atoms with van der Waals surface area (Å²) in [5, 5.41) is 9.29. The van der Waals surface area contributed by atoms with Gasteiger partial charge >= 0.3 is 5.97 Å². The predicted molar refractivity (Wildman–Crippen MR) is 81.1 cm³/mol. The van der Waals surface area contributed by atoms with Gasteiger partial charge in [-0.05, 0) is 31.5 Å². The van der Waals surface area contributed by atoms with E-state index in [1.54, 1.807) is 4.90 Å². The van der Waals surface area contributed by atoms with E-state index in [-0.39, 0.29) is 17.3 Å². The Hall–Kier alpha value is -2.36. The Morgan fingerprint density at radius 2 is 1.81 bits per heavy atom. The minimum Gasteiger partial charge on any atom is -0.478 e. The first-order chi connectivity index (χ1) is 10.0. The third kappa shape index (κ3) is 3.40. The van der Waals surface area contributed by atoms with Crippen molar-refractivity contribution < 1.29 is 14.3 Å². The highest BCUT2D eigenvalue weighted by Crippen LogP contribution is 2.28. The summed E-state index contributed by atoms with van der Waals surface area (Å²) in [5.74, 6) is -1.64. The van der Waals surface area contributed by atoms with Crippen molar-refractivity contribution in [2.24, 2.45) is 0 Å². The van der Waals surface area contributed by atoms with E-state index in [1.165, 1.54) is 18.2 Å². The van der Waals surface area contributed by atoms with Crippen molar-refractivity contribution in [1.29, 1.82) is 0 Å². The molecule has 0 fully saturated rings. The lowest BCUT2D eigenvalue weighted by Crippen LogP contribution is -2.32. The van der Waals surface area contributed by atoms with Gasteiger partial charge in [-0.3, -0.25) is 0 Å². The first kappa shape index (κ1) is 15.0. The van der Waals surface area contributed by atoms with E-state index in [2.05, 4.69) is 0 Å². The maximum absolute atomic E-state index is 14.2. The summed E-state index contributed by atoms with van der Waals surface area (Å²) in [6.07, 6.45) is 0. The van der Waals surface area contributed by atoms with Gasteiger partial charge < -0.3 is 10.0 Å². The molecule has 1 N–H and O–H groups in total. The molecule has 0 radical (unpaired) electrons. The quantitative estimate of drug-likeness (QED) is 0.905. The fraction of sp³-hybridized carbons (Fsp3) is 0.235. The van der Waals surface area contributed by atoms with Gasteiger partial charge in [-0.1, -0.05) is 36.4 Å². The largest absolute Gasteiger partial charge is 0.478 e. The predicted octanol–water partition coefficient (Wildman–Crippen LogP) is 3.94. The third-order valence-electron chi connectivity index (χ3n) is 3.32. The molecule has 0 heterocycles. The van der Waals surface area contributed by atoms with Gasteiger partial charge in [-0.25, -0.2) is 9.18 Å². The molecule has 0 aliphatic heterocycles. The molecular weight excluding hydrogens is 269 g/mol. The molecule has 0 saturated carbocycles. The highest BCUT2D eigenvalue weighted by atomic mass is 19.1. The van der Waals surface area contributed by atoms with E-state index in [1.807, 2.05) is 44.2 Å². The van der Waals surface area contributed by atoms with Gasteiger partial charge in [0.1, 0.15) is 5.82 Å². The molecule has 0 aliphatic carbocycles. The maximum atomic E-state index is 14.2. The van der Waals surface area contributed by atoms with Crippen LogP contribution in [0.3, 0.4) is 0 Å². The van der Waals surface area contributed by atoms with E-state index in [0.29, 0.717) is 6.54 Å². The summed E-state index contributed by atoms with van der Waals surface area (Å²) >= 11 is 0. The molecule has 0 saturated heterocycles. The van der Waals surface area contributed by atoms with Crippen molar-refractivity contribution in [2.45, 2.75) is 26.4 Å². The van der Waals surface area contributed by atoms with Gasteiger partial charge in [-0.2, -0.15) is 0 Å². The third-order valence-corrected chi connectivity index (χ3v) is 3.32. The maximum Gasteiger partial charge on any atom is 0.337 e. The van der Waals surface area contributed by atoms with E-state index in [0.717, 1.165) is 5.56 Å². The molecule has 2 aromatic rings. The second-order valence-corrected chi connectivity index (χ2v) is 5.15. The van der Waals surface area contributed by atoms with Crippen molar-refractivity contribution in [2.75, 3.05) is 4.90 Å². The van der Waals surface area contributed by atoms with Gasteiger partial charge in [0.25, 0.3) is 0 Å². The molecule has 21 heavy (non-hydrogen) atoms. The lowest BCUT2D eigenvalue weighted by molar-refractivity contribution is 0.0697. The molecule has 110 valence electrons. The Morgan fingerprint density at radius 1 is 1.14 bits per heavy atom. The Kier molecular flexibility index (Phi) is 4.58. The van der Waals surface area contributed by atoms with Crippen molar-refractivity contribution in [3.05, 3.63) is 65.5 Å². The van der Waals surface area contributed by atoms with E-state index in [4.69, 9.17) is 0 Å². The minimum atomic E-state index is -1.12. The molecule has 0 aliphatic rings. The summed E-state index contributed by atoms with van der Waals surface area (Å²) in [6, 6.07) is 13.7. The molecule has 2 aromatic carbocycles.